The second-order valence-corrected chi connectivity index (χ2v) is 2.16. The zero-order valence-electron chi connectivity index (χ0n) is 5.22. The molecule has 0 aromatic heterocycles. The fourth-order valence-corrected chi connectivity index (χ4v) is 0.303. The first-order chi connectivity index (χ1) is 4.00. The first-order valence-corrected chi connectivity index (χ1v) is 2.59. The predicted molar refractivity (Wildman–Crippen MR) is 30.8 cm³/mol. The Morgan fingerprint density at radius 2 is 2.33 bits per heavy atom. The molecule has 0 heterocycles. The molecule has 3 nitrogen and oxygen atoms in total. The number of halogens is 1. The van der Waals surface area contributed by atoms with Crippen LogP contribution in [0, 0.1) is 0 Å². The van der Waals surface area contributed by atoms with Crippen molar-refractivity contribution in [3.63, 3.8) is 0 Å². The third-order valence-electron chi connectivity index (χ3n) is 1.10. The number of carbonyl (C=O) groups is 1. The lowest BCUT2D eigenvalue weighted by atomic mass is 10.0. The van der Waals surface area contributed by atoms with E-state index in [2.05, 4.69) is 0 Å². The largest absolute Gasteiger partial charge is 0.480 e. The van der Waals surface area contributed by atoms with E-state index in [4.69, 9.17) is 10.8 Å². The Labute approximate surface area is 52.7 Å². The van der Waals surface area contributed by atoms with Crippen LogP contribution in [0.3, 0.4) is 0 Å². The summed E-state index contributed by atoms with van der Waals surface area (Å²) in [6.07, 6.45) is -0.137. The van der Waals surface area contributed by atoms with Gasteiger partial charge in [-0.2, -0.15) is 0 Å². The van der Waals surface area contributed by atoms with Crippen LogP contribution in [0.15, 0.2) is 0 Å². The quantitative estimate of drug-likeness (QED) is 0.578. The first kappa shape index (κ1) is 8.36. The molecule has 9 heavy (non-hydrogen) atoms. The van der Waals surface area contributed by atoms with Gasteiger partial charge < -0.3 is 10.8 Å². The summed E-state index contributed by atoms with van der Waals surface area (Å²) in [6, 6.07) is 0. The highest BCUT2D eigenvalue weighted by molar-refractivity contribution is 5.77. The van der Waals surface area contributed by atoms with Crippen LogP contribution in [0.1, 0.15) is 13.3 Å². The molecular weight excluding hydrogens is 125 g/mol. The summed E-state index contributed by atoms with van der Waals surface area (Å²) in [5, 5.41) is 8.28. The van der Waals surface area contributed by atoms with Gasteiger partial charge in [0.25, 0.3) is 0 Å². The average Bonchev–Trinajstić information content (AvgIpc) is 1.65. The molecule has 0 bridgehead atoms. The molecule has 0 aliphatic rings. The van der Waals surface area contributed by atoms with Gasteiger partial charge in [-0.1, -0.05) is 0 Å². The fraction of sp³-hybridized carbons (Fsp3) is 0.800. The zero-order valence-corrected chi connectivity index (χ0v) is 5.22. The van der Waals surface area contributed by atoms with Gasteiger partial charge in [0.15, 0.2) is 0 Å². The maximum absolute atomic E-state index is 11.5. The molecule has 0 aliphatic carbocycles. The number of hydrogen-bond acceptors (Lipinski definition) is 2. The topological polar surface area (TPSA) is 63.3 Å². The third-order valence-corrected chi connectivity index (χ3v) is 1.10. The van der Waals surface area contributed by atoms with Crippen LogP contribution in [0.4, 0.5) is 4.39 Å². The normalized spacial score (nSPS) is 16.8. The molecule has 0 aliphatic heterocycles. The standard InChI is InChI=1S/C5H10FNO2/c1-5(7,2-3-6)4(8)9/h2-3,7H2,1H3,(H,8,9)/t5-/m1/s1. The van der Waals surface area contributed by atoms with Crippen molar-refractivity contribution in [3.05, 3.63) is 0 Å². The van der Waals surface area contributed by atoms with Crippen LogP contribution >= 0.6 is 0 Å². The Bertz CT molecular complexity index is 114. The number of rotatable bonds is 3. The number of nitrogens with two attached hydrogens (primary N) is 1. The number of carboxylic acid groups (broad SMARTS) is 1. The van der Waals surface area contributed by atoms with Gasteiger partial charge in [-0.05, 0) is 6.92 Å². The van der Waals surface area contributed by atoms with E-state index in [0.717, 1.165) is 0 Å². The highest BCUT2D eigenvalue weighted by Crippen LogP contribution is 2.04. The molecule has 3 N–H and O–H groups in total. The van der Waals surface area contributed by atoms with E-state index >= 15 is 0 Å². The van der Waals surface area contributed by atoms with Crippen molar-refractivity contribution in [2.24, 2.45) is 5.73 Å². The molecule has 54 valence electrons. The lowest BCUT2D eigenvalue weighted by Gasteiger charge is -2.15. The molecule has 0 radical (unpaired) electrons. The molecule has 0 saturated carbocycles. The minimum Gasteiger partial charge on any atom is -0.480 e. The van der Waals surface area contributed by atoms with E-state index in [0.29, 0.717) is 0 Å². The summed E-state index contributed by atoms with van der Waals surface area (Å²) in [7, 11) is 0. The molecule has 0 unspecified atom stereocenters. The SMILES string of the molecule is C[C@@](N)(CCF)C(=O)O. The van der Waals surface area contributed by atoms with Crippen molar-refractivity contribution in [1.82, 2.24) is 0 Å². The number of carboxylic acids is 1. The second kappa shape index (κ2) is 2.77. The van der Waals surface area contributed by atoms with Gasteiger partial charge >= 0.3 is 5.97 Å². The van der Waals surface area contributed by atoms with E-state index in [1.807, 2.05) is 0 Å². The molecule has 0 rings (SSSR count). The second-order valence-electron chi connectivity index (χ2n) is 2.16. The molecule has 0 aromatic rings. The average molecular weight is 135 g/mol. The maximum atomic E-state index is 11.5. The maximum Gasteiger partial charge on any atom is 0.323 e. The van der Waals surface area contributed by atoms with E-state index in [1.165, 1.54) is 6.92 Å². The lowest BCUT2D eigenvalue weighted by molar-refractivity contribution is -0.143. The summed E-state index contributed by atoms with van der Waals surface area (Å²) in [4.78, 5) is 10.1. The molecule has 0 fully saturated rings. The van der Waals surface area contributed by atoms with E-state index in [-0.39, 0.29) is 6.42 Å². The van der Waals surface area contributed by atoms with Crippen molar-refractivity contribution in [2.45, 2.75) is 18.9 Å². The van der Waals surface area contributed by atoms with Crippen molar-refractivity contribution < 1.29 is 14.3 Å². The molecule has 0 spiro atoms. The Kier molecular flexibility index (Phi) is 2.58. The Morgan fingerprint density at radius 1 is 1.89 bits per heavy atom. The Hall–Kier alpha value is -0.640. The Balaban J connectivity index is 3.85. The molecule has 0 saturated heterocycles. The number of alkyl halides is 1. The fourth-order valence-electron chi connectivity index (χ4n) is 0.303. The third kappa shape index (κ3) is 2.41. The first-order valence-electron chi connectivity index (χ1n) is 2.59. The summed E-state index contributed by atoms with van der Waals surface area (Å²) in [5.41, 5.74) is 3.72. The molecule has 1 atom stereocenters. The van der Waals surface area contributed by atoms with Crippen molar-refractivity contribution in [3.8, 4) is 0 Å². The van der Waals surface area contributed by atoms with Gasteiger partial charge in [0.05, 0.1) is 6.67 Å². The van der Waals surface area contributed by atoms with Gasteiger partial charge in [-0.25, -0.2) is 0 Å². The van der Waals surface area contributed by atoms with Gasteiger partial charge in [0, 0.05) is 6.42 Å². The highest BCUT2D eigenvalue weighted by atomic mass is 19.1. The van der Waals surface area contributed by atoms with Crippen molar-refractivity contribution >= 4 is 5.97 Å². The zero-order chi connectivity index (χ0) is 7.49. The van der Waals surface area contributed by atoms with Crippen LogP contribution in [0.5, 0.6) is 0 Å². The molecule has 4 heteroatoms. The monoisotopic (exact) mass is 135 g/mol. The predicted octanol–water partition coefficient (Wildman–Crippen LogP) is 0.148. The van der Waals surface area contributed by atoms with Crippen molar-refractivity contribution in [2.75, 3.05) is 6.67 Å². The van der Waals surface area contributed by atoms with Crippen LogP contribution in [-0.4, -0.2) is 23.3 Å². The molecule has 0 aromatic carbocycles. The van der Waals surface area contributed by atoms with Crippen LogP contribution in [-0.2, 0) is 4.79 Å². The molecular formula is C5H10FNO2. The summed E-state index contributed by atoms with van der Waals surface area (Å²) >= 11 is 0. The summed E-state index contributed by atoms with van der Waals surface area (Å²) in [6.45, 7) is 0.591. The van der Waals surface area contributed by atoms with E-state index < -0.39 is 18.2 Å². The minimum absolute atomic E-state index is 0.137. The lowest BCUT2D eigenvalue weighted by Crippen LogP contribution is -2.45. The van der Waals surface area contributed by atoms with Crippen molar-refractivity contribution in [1.29, 1.82) is 0 Å². The molecule has 0 amide bonds. The summed E-state index contributed by atoms with van der Waals surface area (Å²) < 4.78 is 11.5. The van der Waals surface area contributed by atoms with E-state index in [9.17, 15) is 9.18 Å². The number of aliphatic carboxylic acids is 1. The van der Waals surface area contributed by atoms with Gasteiger partial charge in [-0.15, -0.1) is 0 Å². The number of hydrogen-bond donors (Lipinski definition) is 2. The van der Waals surface area contributed by atoms with Crippen LogP contribution in [0.25, 0.3) is 0 Å². The Morgan fingerprint density at radius 3 is 2.44 bits per heavy atom. The minimum atomic E-state index is -1.41. The van der Waals surface area contributed by atoms with E-state index in [1.54, 1.807) is 0 Å². The smallest absolute Gasteiger partial charge is 0.323 e. The van der Waals surface area contributed by atoms with Gasteiger partial charge in [-0.3, -0.25) is 9.18 Å². The summed E-state index contributed by atoms with van der Waals surface area (Å²) in [5.74, 6) is -1.17. The van der Waals surface area contributed by atoms with Gasteiger partial charge in [0.2, 0.25) is 0 Å². The highest BCUT2D eigenvalue weighted by Gasteiger charge is 2.26. The van der Waals surface area contributed by atoms with Crippen LogP contribution in [0.2, 0.25) is 0 Å². The van der Waals surface area contributed by atoms with Gasteiger partial charge in [0.1, 0.15) is 5.54 Å². The van der Waals surface area contributed by atoms with Crippen LogP contribution < -0.4 is 5.73 Å².